The smallest absolute Gasteiger partial charge is 0.171 e. The summed E-state index contributed by atoms with van der Waals surface area (Å²) in [7, 11) is 1.87. The minimum Gasteiger partial charge on any atom is -0.453 e. The van der Waals surface area contributed by atoms with Gasteiger partial charge in [0.2, 0.25) is 0 Å². The van der Waals surface area contributed by atoms with Crippen LogP contribution in [0.15, 0.2) is 11.4 Å². The van der Waals surface area contributed by atoms with Crippen LogP contribution in [0, 0.1) is 13.8 Å². The Hall–Kier alpha value is -1.62. The molecular weight excluding hydrogens is 224 g/mol. The molecule has 84 valence electrons. The number of aryl methyl sites for hydroxylation is 2. The third-order valence-electron chi connectivity index (χ3n) is 2.37. The highest BCUT2D eigenvalue weighted by Gasteiger charge is 2.12. The summed E-state index contributed by atoms with van der Waals surface area (Å²) in [6.07, 6.45) is 0.820. The summed E-state index contributed by atoms with van der Waals surface area (Å²) in [6, 6.07) is 1.73. The van der Waals surface area contributed by atoms with Gasteiger partial charge in [-0.2, -0.15) is 5.10 Å². The van der Waals surface area contributed by atoms with Crippen molar-refractivity contribution in [2.45, 2.75) is 13.8 Å². The van der Waals surface area contributed by atoms with E-state index in [0.29, 0.717) is 10.6 Å². The van der Waals surface area contributed by atoms with E-state index < -0.39 is 0 Å². The van der Waals surface area contributed by atoms with Gasteiger partial charge in [-0.3, -0.25) is 9.48 Å². The summed E-state index contributed by atoms with van der Waals surface area (Å²) in [5, 5.41) is 6.07. The highest BCUT2D eigenvalue weighted by Crippen LogP contribution is 2.30. The molecule has 5 heteroatoms. The maximum Gasteiger partial charge on any atom is 0.171 e. The Labute approximate surface area is 97.5 Å². The predicted octanol–water partition coefficient (Wildman–Crippen LogP) is 2.70. The van der Waals surface area contributed by atoms with E-state index in [9.17, 15) is 4.79 Å². The molecule has 0 aliphatic carbocycles. The molecule has 0 spiro atoms. The largest absolute Gasteiger partial charge is 0.453 e. The molecule has 0 aliphatic rings. The lowest BCUT2D eigenvalue weighted by Gasteiger charge is -2.02. The lowest BCUT2D eigenvalue weighted by atomic mass is 10.3. The Morgan fingerprint density at radius 2 is 2.25 bits per heavy atom. The number of aromatic nitrogens is 2. The lowest BCUT2D eigenvalue weighted by Crippen LogP contribution is -1.92. The molecule has 0 fully saturated rings. The van der Waals surface area contributed by atoms with Crippen LogP contribution < -0.4 is 4.74 Å². The average molecular weight is 236 g/mol. The zero-order chi connectivity index (χ0) is 11.7. The summed E-state index contributed by atoms with van der Waals surface area (Å²) < 4.78 is 7.49. The molecule has 0 saturated heterocycles. The van der Waals surface area contributed by atoms with Crippen molar-refractivity contribution in [1.82, 2.24) is 9.78 Å². The van der Waals surface area contributed by atoms with Crippen LogP contribution in [0.2, 0.25) is 0 Å². The van der Waals surface area contributed by atoms with Gasteiger partial charge in [0.15, 0.2) is 12.0 Å². The second-order valence-corrected chi connectivity index (χ2v) is 4.47. The minimum atomic E-state index is 0.661. The number of hydrogen-bond donors (Lipinski definition) is 0. The number of ether oxygens (including phenoxy) is 1. The SMILES string of the molecule is Cc1nn(C)c(C)c1Oc1csc(C=O)c1. The second-order valence-electron chi connectivity index (χ2n) is 3.53. The molecule has 0 atom stereocenters. The fraction of sp³-hybridized carbons (Fsp3) is 0.273. The first kappa shape index (κ1) is 10.9. The van der Waals surface area contributed by atoms with Gasteiger partial charge in [-0.15, -0.1) is 11.3 Å². The molecule has 2 aromatic rings. The van der Waals surface area contributed by atoms with Crippen LogP contribution in [-0.2, 0) is 7.05 Å². The number of carbonyl (C=O) groups is 1. The highest BCUT2D eigenvalue weighted by atomic mass is 32.1. The summed E-state index contributed by atoms with van der Waals surface area (Å²) >= 11 is 1.37. The lowest BCUT2D eigenvalue weighted by molar-refractivity contribution is 0.112. The molecule has 0 bridgehead atoms. The monoisotopic (exact) mass is 236 g/mol. The van der Waals surface area contributed by atoms with Crippen molar-refractivity contribution in [3.8, 4) is 11.5 Å². The van der Waals surface area contributed by atoms with Crippen LogP contribution in [0.4, 0.5) is 0 Å². The fourth-order valence-corrected chi connectivity index (χ4v) is 2.08. The van der Waals surface area contributed by atoms with Gasteiger partial charge in [-0.1, -0.05) is 0 Å². The first-order chi connectivity index (χ1) is 7.61. The van der Waals surface area contributed by atoms with Gasteiger partial charge in [-0.25, -0.2) is 0 Å². The summed E-state index contributed by atoms with van der Waals surface area (Å²) in [6.45, 7) is 3.84. The number of hydrogen-bond acceptors (Lipinski definition) is 4. The van der Waals surface area contributed by atoms with Crippen molar-refractivity contribution in [2.24, 2.45) is 7.05 Å². The maximum atomic E-state index is 10.5. The molecule has 0 amide bonds. The zero-order valence-corrected chi connectivity index (χ0v) is 10.2. The Bertz CT molecular complexity index is 528. The highest BCUT2D eigenvalue weighted by molar-refractivity contribution is 7.11. The maximum absolute atomic E-state index is 10.5. The van der Waals surface area contributed by atoms with Crippen LogP contribution in [0.1, 0.15) is 21.1 Å². The molecule has 2 rings (SSSR count). The molecule has 2 heterocycles. The zero-order valence-electron chi connectivity index (χ0n) is 9.35. The van der Waals surface area contributed by atoms with E-state index >= 15 is 0 Å². The molecule has 2 aromatic heterocycles. The van der Waals surface area contributed by atoms with E-state index in [-0.39, 0.29) is 0 Å². The number of nitrogens with zero attached hydrogens (tertiary/aromatic N) is 2. The molecular formula is C11H12N2O2S. The van der Waals surface area contributed by atoms with E-state index in [1.807, 2.05) is 26.3 Å². The second kappa shape index (κ2) is 4.09. The van der Waals surface area contributed by atoms with Crippen molar-refractivity contribution >= 4 is 17.6 Å². The Balaban J connectivity index is 2.29. The van der Waals surface area contributed by atoms with Gasteiger partial charge in [0, 0.05) is 18.5 Å². The first-order valence-electron chi connectivity index (χ1n) is 4.83. The van der Waals surface area contributed by atoms with Crippen LogP contribution >= 0.6 is 11.3 Å². The first-order valence-corrected chi connectivity index (χ1v) is 5.71. The Morgan fingerprint density at radius 3 is 2.75 bits per heavy atom. The van der Waals surface area contributed by atoms with Gasteiger partial charge in [0.05, 0.1) is 10.6 Å². The number of carbonyl (C=O) groups excluding carboxylic acids is 1. The third kappa shape index (κ3) is 1.86. The standard InChI is InChI=1S/C11H12N2O2S/c1-7-11(8(2)13(3)12-7)15-9-4-10(5-14)16-6-9/h4-6H,1-3H3. The third-order valence-corrected chi connectivity index (χ3v) is 3.21. The predicted molar refractivity (Wildman–Crippen MR) is 62.5 cm³/mol. The van der Waals surface area contributed by atoms with Crippen molar-refractivity contribution < 1.29 is 9.53 Å². The van der Waals surface area contributed by atoms with Crippen LogP contribution in [-0.4, -0.2) is 16.1 Å². The van der Waals surface area contributed by atoms with Crippen LogP contribution in [0.5, 0.6) is 11.5 Å². The molecule has 16 heavy (non-hydrogen) atoms. The van der Waals surface area contributed by atoms with Crippen LogP contribution in [0.25, 0.3) is 0 Å². The topological polar surface area (TPSA) is 44.1 Å². The van der Waals surface area contributed by atoms with E-state index in [1.165, 1.54) is 11.3 Å². The molecule has 0 N–H and O–H groups in total. The van der Waals surface area contributed by atoms with Gasteiger partial charge in [-0.05, 0) is 13.8 Å². The average Bonchev–Trinajstić information content (AvgIpc) is 2.80. The van der Waals surface area contributed by atoms with Crippen molar-refractivity contribution in [3.63, 3.8) is 0 Å². The molecule has 4 nitrogen and oxygen atoms in total. The molecule has 0 saturated carbocycles. The van der Waals surface area contributed by atoms with Crippen molar-refractivity contribution in [3.05, 3.63) is 27.7 Å². The quantitative estimate of drug-likeness (QED) is 0.770. The van der Waals surface area contributed by atoms with Gasteiger partial charge in [0.25, 0.3) is 0 Å². The Kier molecular flexibility index (Phi) is 2.78. The van der Waals surface area contributed by atoms with Crippen LogP contribution in [0.3, 0.4) is 0 Å². The molecule has 0 aliphatic heterocycles. The summed E-state index contributed by atoms with van der Waals surface area (Å²) in [5.41, 5.74) is 1.82. The van der Waals surface area contributed by atoms with E-state index in [4.69, 9.17) is 4.74 Å². The fourth-order valence-electron chi connectivity index (χ4n) is 1.47. The number of rotatable bonds is 3. The van der Waals surface area contributed by atoms with Gasteiger partial charge < -0.3 is 4.74 Å². The van der Waals surface area contributed by atoms with Crippen molar-refractivity contribution in [1.29, 1.82) is 0 Å². The molecule has 0 radical (unpaired) electrons. The molecule has 0 unspecified atom stereocenters. The Morgan fingerprint density at radius 1 is 1.50 bits per heavy atom. The van der Waals surface area contributed by atoms with E-state index in [1.54, 1.807) is 10.7 Å². The van der Waals surface area contributed by atoms with E-state index in [2.05, 4.69) is 5.10 Å². The summed E-state index contributed by atoms with van der Waals surface area (Å²) in [4.78, 5) is 11.2. The number of thiophene rings is 1. The number of aldehydes is 1. The van der Waals surface area contributed by atoms with Gasteiger partial charge in [0.1, 0.15) is 11.4 Å². The molecule has 0 aromatic carbocycles. The minimum absolute atomic E-state index is 0.661. The van der Waals surface area contributed by atoms with Crippen molar-refractivity contribution in [2.75, 3.05) is 0 Å². The normalized spacial score (nSPS) is 10.4. The van der Waals surface area contributed by atoms with Gasteiger partial charge >= 0.3 is 0 Å². The van der Waals surface area contributed by atoms with E-state index in [0.717, 1.165) is 23.4 Å². The summed E-state index contributed by atoms with van der Waals surface area (Å²) in [5.74, 6) is 1.45.